The largest absolute Gasteiger partial charge is 0.463 e. The standard InChI is InChI=1S/C10H18Br2O2Si/c1-2-9(13)14-7-5-3-4-6-8-15-10(11)12/h2,10H,1,3-8,15H2. The maximum atomic E-state index is 10.7. The lowest BCUT2D eigenvalue weighted by molar-refractivity contribution is -0.137. The highest BCUT2D eigenvalue weighted by Crippen LogP contribution is 2.10. The first kappa shape index (κ1) is 15.4. The molecule has 0 aliphatic heterocycles. The summed E-state index contributed by atoms with van der Waals surface area (Å²) in [6.45, 7) is 3.87. The average molecular weight is 358 g/mol. The molecule has 5 heteroatoms. The molecule has 88 valence electrons. The van der Waals surface area contributed by atoms with Crippen LogP contribution in [-0.4, -0.2) is 25.5 Å². The summed E-state index contributed by atoms with van der Waals surface area (Å²) in [5.41, 5.74) is 0. The van der Waals surface area contributed by atoms with Gasteiger partial charge in [0, 0.05) is 15.6 Å². The molecule has 0 N–H and O–H groups in total. The highest BCUT2D eigenvalue weighted by Gasteiger charge is 1.98. The molecular weight excluding hydrogens is 340 g/mol. The molecule has 0 saturated carbocycles. The van der Waals surface area contributed by atoms with Crippen LogP contribution in [0.15, 0.2) is 12.7 Å². The number of hydrogen-bond donors (Lipinski definition) is 0. The summed E-state index contributed by atoms with van der Waals surface area (Å²) in [5.74, 6) is -0.316. The topological polar surface area (TPSA) is 26.3 Å². The van der Waals surface area contributed by atoms with Gasteiger partial charge < -0.3 is 4.74 Å². The summed E-state index contributed by atoms with van der Waals surface area (Å²) in [4.78, 5) is 10.7. The molecule has 0 heterocycles. The fourth-order valence-corrected chi connectivity index (χ4v) is 4.06. The minimum absolute atomic E-state index is 0.0247. The zero-order valence-electron chi connectivity index (χ0n) is 8.88. The number of carbonyl (C=O) groups is 1. The first-order valence-corrected chi connectivity index (χ1v) is 8.89. The normalized spacial score (nSPS) is 11.1. The van der Waals surface area contributed by atoms with Crippen LogP contribution in [-0.2, 0) is 9.53 Å². The lowest BCUT2D eigenvalue weighted by Gasteiger charge is -2.02. The van der Waals surface area contributed by atoms with Gasteiger partial charge in [0.2, 0.25) is 0 Å². The van der Waals surface area contributed by atoms with Crippen molar-refractivity contribution in [2.75, 3.05) is 6.61 Å². The summed E-state index contributed by atoms with van der Waals surface area (Å²) in [6.07, 6.45) is 5.86. The molecule has 15 heavy (non-hydrogen) atoms. The zero-order chi connectivity index (χ0) is 11.5. The van der Waals surface area contributed by atoms with Gasteiger partial charge >= 0.3 is 5.97 Å². The van der Waals surface area contributed by atoms with Gasteiger partial charge in [0.1, 0.15) is 0 Å². The van der Waals surface area contributed by atoms with Crippen LogP contribution in [0.4, 0.5) is 0 Å². The van der Waals surface area contributed by atoms with Crippen molar-refractivity contribution in [3.8, 4) is 0 Å². The van der Waals surface area contributed by atoms with Crippen LogP contribution < -0.4 is 0 Å². The van der Waals surface area contributed by atoms with Gasteiger partial charge in [-0.2, -0.15) is 0 Å². The summed E-state index contributed by atoms with van der Waals surface area (Å²) >= 11 is 7.01. The van der Waals surface area contributed by atoms with Crippen molar-refractivity contribution in [3.63, 3.8) is 0 Å². The van der Waals surface area contributed by atoms with Gasteiger partial charge in [-0.15, -0.1) is 0 Å². The van der Waals surface area contributed by atoms with Gasteiger partial charge in [-0.05, 0) is 6.42 Å². The van der Waals surface area contributed by atoms with Crippen LogP contribution in [0.3, 0.4) is 0 Å². The summed E-state index contributed by atoms with van der Waals surface area (Å²) < 4.78 is 5.45. The van der Waals surface area contributed by atoms with E-state index in [0.29, 0.717) is 9.97 Å². The Labute approximate surface area is 111 Å². The second-order valence-electron chi connectivity index (χ2n) is 3.32. The van der Waals surface area contributed by atoms with Gasteiger partial charge in [0.25, 0.3) is 0 Å². The van der Waals surface area contributed by atoms with E-state index in [1.54, 1.807) is 0 Å². The van der Waals surface area contributed by atoms with Crippen molar-refractivity contribution in [2.45, 2.75) is 35.1 Å². The van der Waals surface area contributed by atoms with Gasteiger partial charge in [-0.3, -0.25) is 0 Å². The first-order valence-electron chi connectivity index (χ1n) is 5.24. The molecule has 0 aliphatic rings. The van der Waals surface area contributed by atoms with Crippen LogP contribution in [0, 0.1) is 0 Å². The van der Waals surface area contributed by atoms with Gasteiger partial charge in [0.05, 0.1) is 9.97 Å². The zero-order valence-corrected chi connectivity index (χ0v) is 13.5. The third-order valence-electron chi connectivity index (χ3n) is 1.98. The second-order valence-corrected chi connectivity index (χ2v) is 11.3. The Bertz CT molecular complexity index is 186. The Balaban J connectivity index is 3.05. The molecular formula is C10H18Br2O2Si. The molecule has 0 aromatic carbocycles. The predicted molar refractivity (Wildman–Crippen MR) is 74.6 cm³/mol. The summed E-state index contributed by atoms with van der Waals surface area (Å²) in [7, 11) is 0.0247. The minimum atomic E-state index is -0.316. The molecule has 0 saturated heterocycles. The Hall–Kier alpha value is 0.387. The number of unbranched alkanes of at least 4 members (excludes halogenated alkanes) is 3. The van der Waals surface area contributed by atoms with Crippen molar-refractivity contribution in [3.05, 3.63) is 12.7 Å². The van der Waals surface area contributed by atoms with E-state index in [2.05, 4.69) is 38.4 Å². The third kappa shape index (κ3) is 12.3. The highest BCUT2D eigenvalue weighted by molar-refractivity contribution is 9.25. The molecule has 0 atom stereocenters. The maximum absolute atomic E-state index is 10.7. The van der Waals surface area contributed by atoms with Crippen LogP contribution >= 0.6 is 31.9 Å². The van der Waals surface area contributed by atoms with Crippen molar-refractivity contribution >= 4 is 47.3 Å². The van der Waals surface area contributed by atoms with E-state index < -0.39 is 0 Å². The first-order chi connectivity index (χ1) is 7.16. The Morgan fingerprint density at radius 2 is 2.00 bits per heavy atom. The predicted octanol–water partition coefficient (Wildman–Crippen LogP) is 2.94. The van der Waals surface area contributed by atoms with Crippen molar-refractivity contribution in [1.82, 2.24) is 0 Å². The molecule has 0 aromatic heterocycles. The number of rotatable bonds is 9. The molecule has 0 radical (unpaired) electrons. The lowest BCUT2D eigenvalue weighted by Crippen LogP contribution is -2.02. The van der Waals surface area contributed by atoms with E-state index in [1.807, 2.05) is 0 Å². The van der Waals surface area contributed by atoms with Crippen LogP contribution in [0.25, 0.3) is 0 Å². The Morgan fingerprint density at radius 3 is 2.60 bits per heavy atom. The Kier molecular flexibility index (Phi) is 11.2. The molecule has 0 unspecified atom stereocenters. The second kappa shape index (κ2) is 10.9. The fraction of sp³-hybridized carbons (Fsp3) is 0.700. The number of alkyl halides is 2. The molecule has 0 bridgehead atoms. The quantitative estimate of drug-likeness (QED) is 0.208. The third-order valence-corrected chi connectivity index (χ3v) is 6.07. The van der Waals surface area contributed by atoms with E-state index in [-0.39, 0.29) is 15.5 Å². The molecule has 0 rings (SSSR count). The van der Waals surface area contributed by atoms with Crippen molar-refractivity contribution in [1.29, 1.82) is 0 Å². The highest BCUT2D eigenvalue weighted by atomic mass is 79.9. The SMILES string of the molecule is C=CC(=O)OCCCCCC[SiH2]C(Br)Br. The van der Waals surface area contributed by atoms with Gasteiger partial charge in [0.15, 0.2) is 0 Å². The van der Waals surface area contributed by atoms with Crippen LogP contribution in [0.2, 0.25) is 6.04 Å². The van der Waals surface area contributed by atoms with Gasteiger partial charge in [-0.25, -0.2) is 4.79 Å². The van der Waals surface area contributed by atoms with Crippen LogP contribution in [0.5, 0.6) is 0 Å². The summed E-state index contributed by atoms with van der Waals surface area (Å²) in [5, 5.41) is 0. The van der Waals surface area contributed by atoms with E-state index in [4.69, 9.17) is 4.74 Å². The van der Waals surface area contributed by atoms with Crippen molar-refractivity contribution < 1.29 is 9.53 Å². The average Bonchev–Trinajstić information content (AvgIpc) is 2.21. The number of carbonyl (C=O) groups excluding carboxylic acids is 1. The van der Waals surface area contributed by atoms with E-state index in [0.717, 1.165) is 12.8 Å². The van der Waals surface area contributed by atoms with Gasteiger partial charge in [-0.1, -0.05) is 63.7 Å². The maximum Gasteiger partial charge on any atom is 0.330 e. The number of ether oxygens (including phenoxy) is 1. The lowest BCUT2D eigenvalue weighted by atomic mass is 10.2. The number of hydrogen-bond acceptors (Lipinski definition) is 2. The van der Waals surface area contributed by atoms with Crippen LogP contribution in [0.1, 0.15) is 25.7 Å². The fourth-order valence-electron chi connectivity index (χ4n) is 1.16. The smallest absolute Gasteiger partial charge is 0.330 e. The number of halogens is 2. The van der Waals surface area contributed by atoms with E-state index in [9.17, 15) is 4.79 Å². The molecule has 0 aromatic rings. The van der Waals surface area contributed by atoms with E-state index in [1.165, 1.54) is 25.0 Å². The Morgan fingerprint density at radius 1 is 1.33 bits per heavy atom. The van der Waals surface area contributed by atoms with E-state index >= 15 is 0 Å². The molecule has 0 amide bonds. The molecule has 0 fully saturated rings. The molecule has 2 nitrogen and oxygen atoms in total. The monoisotopic (exact) mass is 356 g/mol. The number of esters is 1. The molecule has 0 aliphatic carbocycles. The van der Waals surface area contributed by atoms with Crippen molar-refractivity contribution in [2.24, 2.45) is 0 Å². The summed E-state index contributed by atoms with van der Waals surface area (Å²) in [6, 6.07) is 1.37. The molecule has 0 spiro atoms. The minimum Gasteiger partial charge on any atom is -0.463 e.